The summed E-state index contributed by atoms with van der Waals surface area (Å²) >= 11 is 0.755. The Hall–Kier alpha value is -3.13. The van der Waals surface area contributed by atoms with E-state index < -0.39 is 29.3 Å². The Labute approximate surface area is 184 Å². The fourth-order valence-electron chi connectivity index (χ4n) is 2.76. The number of carbonyl (C=O) groups is 3. The van der Waals surface area contributed by atoms with Crippen LogP contribution in [0.5, 0.6) is 5.75 Å². The number of esters is 1. The van der Waals surface area contributed by atoms with Gasteiger partial charge in [0.05, 0.1) is 4.91 Å². The van der Waals surface area contributed by atoms with Gasteiger partial charge < -0.3 is 9.47 Å². The van der Waals surface area contributed by atoms with Gasteiger partial charge in [0.15, 0.2) is 0 Å². The van der Waals surface area contributed by atoms with Crippen molar-refractivity contribution in [2.24, 2.45) is 0 Å². The number of ether oxygens (including phenoxy) is 2. The molecular formula is C23H22FNO5S. The first kappa shape index (κ1) is 22.6. The van der Waals surface area contributed by atoms with Crippen molar-refractivity contribution in [3.05, 3.63) is 70.4 Å². The molecule has 0 saturated carbocycles. The monoisotopic (exact) mass is 443 g/mol. The van der Waals surface area contributed by atoms with E-state index in [0.29, 0.717) is 16.9 Å². The maximum absolute atomic E-state index is 13.7. The number of thioether (sulfide) groups is 1. The summed E-state index contributed by atoms with van der Waals surface area (Å²) in [6, 6.07) is 13.2. The van der Waals surface area contributed by atoms with Crippen LogP contribution in [0.15, 0.2) is 53.4 Å². The molecule has 1 heterocycles. The summed E-state index contributed by atoms with van der Waals surface area (Å²) in [7, 11) is 0. The number of nitrogens with zero attached hydrogens (tertiary/aromatic N) is 1. The van der Waals surface area contributed by atoms with Crippen LogP contribution in [0.25, 0.3) is 6.08 Å². The molecule has 0 unspecified atom stereocenters. The molecule has 31 heavy (non-hydrogen) atoms. The third kappa shape index (κ3) is 6.18. The number of hydrogen-bond donors (Lipinski definition) is 0. The molecule has 1 fully saturated rings. The molecule has 0 aromatic heterocycles. The lowest BCUT2D eigenvalue weighted by atomic mass is 10.2. The Kier molecular flexibility index (Phi) is 6.80. The molecule has 0 aliphatic carbocycles. The van der Waals surface area contributed by atoms with Crippen molar-refractivity contribution in [2.45, 2.75) is 33.0 Å². The first-order valence-corrected chi connectivity index (χ1v) is 10.4. The van der Waals surface area contributed by atoms with Gasteiger partial charge in [0.25, 0.3) is 11.1 Å². The second kappa shape index (κ2) is 9.34. The maximum Gasteiger partial charge on any atom is 0.326 e. The molecule has 0 N–H and O–H groups in total. The van der Waals surface area contributed by atoms with Crippen molar-refractivity contribution >= 4 is 35.0 Å². The van der Waals surface area contributed by atoms with Crippen molar-refractivity contribution in [1.29, 1.82) is 0 Å². The highest BCUT2D eigenvalue weighted by molar-refractivity contribution is 8.18. The van der Waals surface area contributed by atoms with E-state index in [2.05, 4.69) is 0 Å². The Morgan fingerprint density at radius 1 is 1.13 bits per heavy atom. The smallest absolute Gasteiger partial charge is 0.326 e. The highest BCUT2D eigenvalue weighted by Crippen LogP contribution is 2.32. The average Bonchev–Trinajstić information content (AvgIpc) is 2.93. The van der Waals surface area contributed by atoms with Crippen LogP contribution in [0.1, 0.15) is 31.9 Å². The molecule has 2 aromatic carbocycles. The van der Waals surface area contributed by atoms with Crippen molar-refractivity contribution < 1.29 is 28.2 Å². The van der Waals surface area contributed by atoms with E-state index in [0.717, 1.165) is 16.7 Å². The van der Waals surface area contributed by atoms with Crippen LogP contribution >= 0.6 is 11.8 Å². The standard InChI is InChI=1S/C23H22FNO5S/c1-23(2,3)30-20(26)13-25-21(27)19(31-22(25)28)12-15-7-6-9-17(11-15)29-14-16-8-4-5-10-18(16)24/h4-12H,13-14H2,1-3H3. The van der Waals surface area contributed by atoms with Gasteiger partial charge in [-0.3, -0.25) is 19.3 Å². The van der Waals surface area contributed by atoms with E-state index in [1.807, 2.05) is 0 Å². The molecule has 1 aliphatic heterocycles. The van der Waals surface area contributed by atoms with Gasteiger partial charge in [0, 0.05) is 5.56 Å². The molecule has 8 heteroatoms. The number of benzene rings is 2. The Morgan fingerprint density at radius 3 is 2.58 bits per heavy atom. The van der Waals surface area contributed by atoms with Gasteiger partial charge in [-0.15, -0.1) is 0 Å². The predicted octanol–water partition coefficient (Wildman–Crippen LogP) is 4.78. The van der Waals surface area contributed by atoms with Gasteiger partial charge in [-0.1, -0.05) is 30.3 Å². The highest BCUT2D eigenvalue weighted by atomic mass is 32.2. The third-order valence-electron chi connectivity index (χ3n) is 4.09. The van der Waals surface area contributed by atoms with Crippen molar-refractivity contribution in [3.63, 3.8) is 0 Å². The number of hydrogen-bond acceptors (Lipinski definition) is 6. The second-order valence-electron chi connectivity index (χ2n) is 7.81. The quantitative estimate of drug-likeness (QED) is 0.473. The van der Waals surface area contributed by atoms with E-state index in [-0.39, 0.29) is 17.3 Å². The Balaban J connectivity index is 1.68. The molecule has 0 atom stereocenters. The fraction of sp³-hybridized carbons (Fsp3) is 0.261. The number of amides is 2. The van der Waals surface area contributed by atoms with Crippen LogP contribution in [0.2, 0.25) is 0 Å². The molecule has 1 saturated heterocycles. The molecular weight excluding hydrogens is 421 g/mol. The molecule has 2 amide bonds. The second-order valence-corrected chi connectivity index (χ2v) is 8.80. The third-order valence-corrected chi connectivity index (χ3v) is 5.00. The summed E-state index contributed by atoms with van der Waals surface area (Å²) in [5, 5.41) is -0.533. The minimum Gasteiger partial charge on any atom is -0.489 e. The van der Waals surface area contributed by atoms with Gasteiger partial charge in [0.1, 0.15) is 30.3 Å². The summed E-state index contributed by atoms with van der Waals surface area (Å²) in [6.45, 7) is 4.74. The van der Waals surface area contributed by atoms with Gasteiger partial charge in [0.2, 0.25) is 0 Å². The van der Waals surface area contributed by atoms with E-state index in [9.17, 15) is 18.8 Å². The lowest BCUT2D eigenvalue weighted by Gasteiger charge is -2.21. The summed E-state index contributed by atoms with van der Waals surface area (Å²) in [5.41, 5.74) is 0.350. The maximum atomic E-state index is 13.7. The minimum absolute atomic E-state index is 0.0581. The molecule has 162 valence electrons. The van der Waals surface area contributed by atoms with Gasteiger partial charge in [-0.2, -0.15) is 0 Å². The molecule has 1 aliphatic rings. The summed E-state index contributed by atoms with van der Waals surface area (Å²) in [6.07, 6.45) is 1.55. The van der Waals surface area contributed by atoms with E-state index in [4.69, 9.17) is 9.47 Å². The SMILES string of the molecule is CC(C)(C)OC(=O)CN1C(=O)SC(=Cc2cccc(OCc3ccccc3F)c2)C1=O. The average molecular weight is 443 g/mol. The lowest BCUT2D eigenvalue weighted by molar-refractivity contribution is -0.156. The van der Waals surface area contributed by atoms with E-state index >= 15 is 0 Å². The molecule has 6 nitrogen and oxygen atoms in total. The largest absolute Gasteiger partial charge is 0.489 e. The number of halogens is 1. The molecule has 0 spiro atoms. The first-order valence-electron chi connectivity index (χ1n) is 9.56. The minimum atomic E-state index is -0.710. The van der Waals surface area contributed by atoms with Gasteiger partial charge in [-0.25, -0.2) is 4.39 Å². The van der Waals surface area contributed by atoms with Crippen LogP contribution in [0, 0.1) is 5.82 Å². The van der Waals surface area contributed by atoms with Crippen LogP contribution in [-0.2, 0) is 20.9 Å². The molecule has 0 bridgehead atoms. The summed E-state index contributed by atoms with van der Waals surface area (Å²) < 4.78 is 24.6. The van der Waals surface area contributed by atoms with Crippen LogP contribution in [0.3, 0.4) is 0 Å². The Morgan fingerprint density at radius 2 is 1.87 bits per heavy atom. The first-order chi connectivity index (χ1) is 14.6. The van der Waals surface area contributed by atoms with Crippen LogP contribution < -0.4 is 4.74 Å². The fourth-order valence-corrected chi connectivity index (χ4v) is 3.60. The van der Waals surface area contributed by atoms with Crippen LogP contribution in [-0.4, -0.2) is 34.2 Å². The lowest BCUT2D eigenvalue weighted by Crippen LogP contribution is -2.37. The normalized spacial score (nSPS) is 15.5. The number of rotatable bonds is 6. The van der Waals surface area contributed by atoms with Crippen LogP contribution in [0.4, 0.5) is 9.18 Å². The van der Waals surface area contributed by atoms with E-state index in [1.165, 1.54) is 6.07 Å². The predicted molar refractivity (Wildman–Crippen MR) is 116 cm³/mol. The molecule has 3 rings (SSSR count). The van der Waals surface area contributed by atoms with E-state index in [1.54, 1.807) is 69.3 Å². The number of carbonyl (C=O) groups excluding carboxylic acids is 3. The van der Waals surface area contributed by atoms with Gasteiger partial charge >= 0.3 is 5.97 Å². The molecule has 0 radical (unpaired) electrons. The summed E-state index contributed by atoms with van der Waals surface area (Å²) in [5.74, 6) is -1.07. The zero-order valence-corrected chi connectivity index (χ0v) is 18.2. The van der Waals surface area contributed by atoms with Gasteiger partial charge in [-0.05, 0) is 62.4 Å². The van der Waals surface area contributed by atoms with Crippen molar-refractivity contribution in [2.75, 3.05) is 6.54 Å². The number of imide groups is 1. The summed E-state index contributed by atoms with van der Waals surface area (Å²) in [4.78, 5) is 37.8. The zero-order valence-electron chi connectivity index (χ0n) is 17.4. The van der Waals surface area contributed by atoms with Crippen molar-refractivity contribution in [1.82, 2.24) is 4.90 Å². The Bertz CT molecular complexity index is 1040. The topological polar surface area (TPSA) is 72.9 Å². The van der Waals surface area contributed by atoms with Crippen molar-refractivity contribution in [3.8, 4) is 5.75 Å². The highest BCUT2D eigenvalue weighted by Gasteiger charge is 2.37. The molecule has 2 aromatic rings. The zero-order chi connectivity index (χ0) is 22.6.